The van der Waals surface area contributed by atoms with Crippen LogP contribution in [0.3, 0.4) is 0 Å². The standard InChI is InChI=1S/C63H84N4O3/c1-37-22-25-52(46(28-37)64-49-34-40(58(4,5)6)31-43(55(49)68)61(13,14)15)67(53-26-23-38(2)29-47(53)65-50-35-41(59(7,8)9)32-44(56(50)69)62(16,17)18)54-27-24-39(3)30-48(54)66-51-36-42(60(10,11)12)33-45(57(51)70)63(19,20)21/h22-36,64-66,68-70H,1-21H3. The fourth-order valence-corrected chi connectivity index (χ4v) is 8.86. The molecule has 0 fully saturated rings. The minimum atomic E-state index is -0.334. The summed E-state index contributed by atoms with van der Waals surface area (Å²) in [6.07, 6.45) is 0. The van der Waals surface area contributed by atoms with Crippen LogP contribution in [0.1, 0.15) is 175 Å². The van der Waals surface area contributed by atoms with E-state index >= 15 is 0 Å². The highest BCUT2D eigenvalue weighted by Crippen LogP contribution is 2.51. The van der Waals surface area contributed by atoms with Crippen LogP contribution >= 0.6 is 0 Å². The topological polar surface area (TPSA) is 100 Å². The number of hydrogen-bond donors (Lipinski definition) is 6. The first-order chi connectivity index (χ1) is 31.9. The maximum atomic E-state index is 12.2. The lowest BCUT2D eigenvalue weighted by molar-refractivity contribution is 0.446. The van der Waals surface area contributed by atoms with Crippen molar-refractivity contribution in [3.63, 3.8) is 0 Å². The Bertz CT molecular complexity index is 2600. The zero-order valence-corrected chi connectivity index (χ0v) is 46.4. The molecule has 6 aromatic carbocycles. The SMILES string of the molecule is Cc1ccc(N(c2ccc(C)cc2Nc2cc(C(C)(C)C)cc(C(C)(C)C)c2O)c2ccc(C)cc2Nc2cc(C(C)(C)C)cc(C(C)(C)C)c2O)c(Nc2cc(C(C)(C)C)cc(C(C)(C)C)c2O)c1. The Hall–Kier alpha value is -6.08. The Balaban J connectivity index is 1.71. The molecule has 0 aliphatic rings. The minimum Gasteiger partial charge on any atom is -0.505 e. The van der Waals surface area contributed by atoms with Gasteiger partial charge >= 0.3 is 0 Å². The van der Waals surface area contributed by atoms with Gasteiger partial charge in [-0.2, -0.15) is 0 Å². The van der Waals surface area contributed by atoms with Gasteiger partial charge in [-0.1, -0.05) is 161 Å². The van der Waals surface area contributed by atoms with Gasteiger partial charge in [-0.15, -0.1) is 0 Å². The molecule has 0 saturated heterocycles. The average Bonchev–Trinajstić information content (AvgIpc) is 3.19. The Morgan fingerprint density at radius 1 is 0.300 bits per heavy atom. The second-order valence-electron chi connectivity index (χ2n) is 26.0. The maximum absolute atomic E-state index is 12.2. The van der Waals surface area contributed by atoms with Crippen LogP contribution in [0.2, 0.25) is 0 Å². The molecule has 70 heavy (non-hydrogen) atoms. The van der Waals surface area contributed by atoms with Gasteiger partial charge in [0.05, 0.1) is 51.2 Å². The Morgan fingerprint density at radius 3 is 0.729 bits per heavy atom. The molecular weight excluding hydrogens is 861 g/mol. The van der Waals surface area contributed by atoms with Gasteiger partial charge in [-0.3, -0.25) is 0 Å². The predicted octanol–water partition coefficient (Wildman–Crippen LogP) is 18.2. The van der Waals surface area contributed by atoms with Gasteiger partial charge in [-0.05, 0) is 141 Å². The van der Waals surface area contributed by atoms with Crippen molar-refractivity contribution >= 4 is 51.2 Å². The van der Waals surface area contributed by atoms with E-state index in [2.05, 4.69) is 257 Å². The predicted molar refractivity (Wildman–Crippen MR) is 302 cm³/mol. The molecule has 0 spiro atoms. The smallest absolute Gasteiger partial charge is 0.142 e. The van der Waals surface area contributed by atoms with Crippen LogP contribution in [-0.2, 0) is 32.5 Å². The first-order valence-electron chi connectivity index (χ1n) is 25.0. The zero-order chi connectivity index (χ0) is 52.4. The second kappa shape index (κ2) is 18.6. The summed E-state index contributed by atoms with van der Waals surface area (Å²) in [6, 6.07) is 31.8. The molecule has 0 radical (unpaired) electrons. The van der Waals surface area contributed by atoms with Crippen molar-refractivity contribution in [1.82, 2.24) is 0 Å². The van der Waals surface area contributed by atoms with Gasteiger partial charge in [0, 0.05) is 16.7 Å². The Labute approximate surface area is 421 Å². The molecule has 0 amide bonds. The Kier molecular flexibility index (Phi) is 14.1. The van der Waals surface area contributed by atoms with E-state index in [-0.39, 0.29) is 49.7 Å². The molecule has 7 nitrogen and oxygen atoms in total. The molecule has 6 rings (SSSR count). The van der Waals surface area contributed by atoms with Gasteiger partial charge in [0.2, 0.25) is 0 Å². The molecule has 0 saturated carbocycles. The average molecular weight is 945 g/mol. The zero-order valence-electron chi connectivity index (χ0n) is 46.4. The van der Waals surface area contributed by atoms with Crippen LogP contribution in [0.5, 0.6) is 17.2 Å². The van der Waals surface area contributed by atoms with Crippen LogP contribution in [0.4, 0.5) is 51.2 Å². The number of hydrogen-bond acceptors (Lipinski definition) is 7. The van der Waals surface area contributed by atoms with E-state index < -0.39 is 0 Å². The van der Waals surface area contributed by atoms with Crippen molar-refractivity contribution in [2.45, 2.75) is 178 Å². The van der Waals surface area contributed by atoms with Crippen LogP contribution in [0.25, 0.3) is 0 Å². The van der Waals surface area contributed by atoms with Gasteiger partial charge < -0.3 is 36.2 Å². The molecule has 0 bridgehead atoms. The largest absolute Gasteiger partial charge is 0.505 e. The lowest BCUT2D eigenvalue weighted by atomic mass is 9.79. The lowest BCUT2D eigenvalue weighted by Gasteiger charge is -2.33. The quantitative estimate of drug-likeness (QED) is 0.0803. The maximum Gasteiger partial charge on any atom is 0.142 e. The van der Waals surface area contributed by atoms with Gasteiger partial charge in [0.25, 0.3) is 0 Å². The number of rotatable bonds is 9. The number of nitrogens with one attached hydrogen (secondary N) is 3. The van der Waals surface area contributed by atoms with Crippen molar-refractivity contribution in [3.05, 3.63) is 141 Å². The van der Waals surface area contributed by atoms with Crippen LogP contribution in [0.15, 0.2) is 91.0 Å². The Morgan fingerprint density at radius 2 is 0.529 bits per heavy atom. The molecule has 0 heterocycles. The molecule has 6 N–H and O–H groups in total. The highest BCUT2D eigenvalue weighted by Gasteiger charge is 2.31. The summed E-state index contributed by atoms with van der Waals surface area (Å²) in [7, 11) is 0. The summed E-state index contributed by atoms with van der Waals surface area (Å²) < 4.78 is 0. The first-order valence-corrected chi connectivity index (χ1v) is 25.0. The third-order valence-electron chi connectivity index (χ3n) is 13.3. The summed E-state index contributed by atoms with van der Waals surface area (Å²) in [5.74, 6) is 0.632. The number of aryl methyl sites for hydroxylation is 3. The molecule has 374 valence electrons. The molecule has 0 aliphatic heterocycles. The van der Waals surface area contributed by atoms with Gasteiger partial charge in [0.15, 0.2) is 0 Å². The summed E-state index contributed by atoms with van der Waals surface area (Å²) >= 11 is 0. The third-order valence-corrected chi connectivity index (χ3v) is 13.3. The van der Waals surface area contributed by atoms with E-state index in [0.29, 0.717) is 17.1 Å². The van der Waals surface area contributed by atoms with Crippen LogP contribution in [0, 0.1) is 20.8 Å². The van der Waals surface area contributed by atoms with Crippen molar-refractivity contribution in [1.29, 1.82) is 0 Å². The minimum absolute atomic E-state index is 0.193. The highest BCUT2D eigenvalue weighted by molar-refractivity contribution is 5.97. The van der Waals surface area contributed by atoms with E-state index in [9.17, 15) is 15.3 Å². The highest BCUT2D eigenvalue weighted by atomic mass is 16.3. The number of phenols is 3. The van der Waals surface area contributed by atoms with E-state index in [1.54, 1.807) is 0 Å². The number of benzene rings is 6. The summed E-state index contributed by atoms with van der Waals surface area (Å²) in [4.78, 5) is 2.24. The fraction of sp³-hybridized carbons (Fsp3) is 0.429. The lowest BCUT2D eigenvalue weighted by Crippen LogP contribution is -2.19. The number of aromatic hydroxyl groups is 3. The molecule has 0 unspecified atom stereocenters. The van der Waals surface area contributed by atoms with E-state index in [1.807, 2.05) is 0 Å². The van der Waals surface area contributed by atoms with E-state index in [1.165, 1.54) is 0 Å². The van der Waals surface area contributed by atoms with E-state index in [4.69, 9.17) is 0 Å². The molecular formula is C63H84N4O3. The van der Waals surface area contributed by atoms with Crippen LogP contribution < -0.4 is 20.9 Å². The summed E-state index contributed by atoms with van der Waals surface area (Å²) in [5, 5.41) is 48.0. The number of anilines is 9. The first kappa shape index (κ1) is 53.3. The van der Waals surface area contributed by atoms with Gasteiger partial charge in [0.1, 0.15) is 17.2 Å². The number of phenolic OH excluding ortho intramolecular Hbond substituents is 3. The molecule has 0 atom stereocenters. The van der Waals surface area contributed by atoms with Crippen molar-refractivity contribution < 1.29 is 15.3 Å². The van der Waals surface area contributed by atoms with Crippen molar-refractivity contribution in [2.75, 3.05) is 20.9 Å². The molecule has 0 aromatic heterocycles. The number of nitrogens with zero attached hydrogens (tertiary/aromatic N) is 1. The molecule has 0 aliphatic carbocycles. The third kappa shape index (κ3) is 11.6. The van der Waals surface area contributed by atoms with Crippen molar-refractivity contribution in [3.8, 4) is 17.2 Å². The molecule has 6 aromatic rings. The van der Waals surface area contributed by atoms with Gasteiger partial charge in [-0.25, -0.2) is 0 Å². The van der Waals surface area contributed by atoms with Crippen LogP contribution in [-0.4, -0.2) is 15.3 Å². The second-order valence-corrected chi connectivity index (χ2v) is 26.0. The normalized spacial score (nSPS) is 12.8. The monoisotopic (exact) mass is 945 g/mol. The van der Waals surface area contributed by atoms with Crippen molar-refractivity contribution in [2.24, 2.45) is 0 Å². The summed E-state index contributed by atoms with van der Waals surface area (Å²) in [6.45, 7) is 45.3. The fourth-order valence-electron chi connectivity index (χ4n) is 8.86. The summed E-state index contributed by atoms with van der Waals surface area (Å²) in [5.41, 5.74) is 14.1. The molecule has 7 heteroatoms. The van der Waals surface area contributed by atoms with E-state index in [0.717, 1.165) is 84.2 Å².